The Balaban J connectivity index is 4.07. The molecule has 0 amide bonds. The van der Waals surface area contributed by atoms with Crippen LogP contribution >= 0.6 is 0 Å². The van der Waals surface area contributed by atoms with Crippen molar-refractivity contribution in [2.75, 3.05) is 7.11 Å². The summed E-state index contributed by atoms with van der Waals surface area (Å²) in [4.78, 5) is 16.7. The summed E-state index contributed by atoms with van der Waals surface area (Å²) in [5.74, 6) is -0.271. The molecule has 0 heterocycles. The topological polar surface area (TPSA) is 47.6 Å². The summed E-state index contributed by atoms with van der Waals surface area (Å²) in [6.45, 7) is 7.86. The molecule has 1 atom stereocenters. The van der Waals surface area contributed by atoms with Crippen molar-refractivity contribution in [2.45, 2.75) is 58.6 Å². The summed E-state index contributed by atoms with van der Waals surface area (Å²) in [6.07, 6.45) is 2.75. The molecule has 0 aromatic heterocycles. The van der Waals surface area contributed by atoms with Gasteiger partial charge >= 0.3 is 5.97 Å². The molecule has 0 aliphatic carbocycles. The largest absolute Gasteiger partial charge is 0.468 e. The van der Waals surface area contributed by atoms with E-state index in [9.17, 15) is 4.79 Å². The Morgan fingerprint density at radius 3 is 2.40 bits per heavy atom. The van der Waals surface area contributed by atoms with Crippen molar-refractivity contribution in [2.24, 2.45) is 0 Å². The van der Waals surface area contributed by atoms with Crippen LogP contribution in [0.5, 0.6) is 0 Å². The second-order valence-corrected chi connectivity index (χ2v) is 4.55. The van der Waals surface area contributed by atoms with E-state index in [0.717, 1.165) is 19.3 Å². The van der Waals surface area contributed by atoms with Gasteiger partial charge in [-0.05, 0) is 27.2 Å². The molecule has 90 valence electrons. The minimum Gasteiger partial charge on any atom is -0.468 e. The molecule has 0 saturated carbocycles. The van der Waals surface area contributed by atoms with Crippen molar-refractivity contribution in [1.82, 2.24) is 5.48 Å². The highest BCUT2D eigenvalue weighted by Gasteiger charge is 2.21. The van der Waals surface area contributed by atoms with E-state index < -0.39 is 0 Å². The Kier molecular flexibility index (Phi) is 6.52. The van der Waals surface area contributed by atoms with Gasteiger partial charge in [0.1, 0.15) is 6.04 Å². The highest BCUT2D eigenvalue weighted by Crippen LogP contribution is 2.08. The Morgan fingerprint density at radius 2 is 2.00 bits per heavy atom. The predicted molar refractivity (Wildman–Crippen MR) is 59.3 cm³/mol. The summed E-state index contributed by atoms with van der Waals surface area (Å²) >= 11 is 0. The molecule has 0 fully saturated rings. The van der Waals surface area contributed by atoms with Crippen LogP contribution in [0, 0.1) is 0 Å². The molecule has 0 aromatic rings. The average Bonchev–Trinajstić information content (AvgIpc) is 2.15. The summed E-state index contributed by atoms with van der Waals surface area (Å²) in [5, 5.41) is 0. The van der Waals surface area contributed by atoms with Gasteiger partial charge in [-0.15, -0.1) is 0 Å². The first-order valence-electron chi connectivity index (χ1n) is 5.42. The lowest BCUT2D eigenvalue weighted by Gasteiger charge is -2.23. The highest BCUT2D eigenvalue weighted by molar-refractivity contribution is 5.75. The number of hydrogen-bond acceptors (Lipinski definition) is 4. The fraction of sp³-hybridized carbons (Fsp3) is 0.909. The van der Waals surface area contributed by atoms with Crippen LogP contribution in [0.1, 0.15) is 47.0 Å². The van der Waals surface area contributed by atoms with Crippen molar-refractivity contribution in [3.63, 3.8) is 0 Å². The third kappa shape index (κ3) is 7.33. The lowest BCUT2D eigenvalue weighted by Crippen LogP contribution is -2.42. The van der Waals surface area contributed by atoms with E-state index in [1.807, 2.05) is 20.8 Å². The van der Waals surface area contributed by atoms with Crippen LogP contribution in [0.2, 0.25) is 0 Å². The number of methoxy groups -OCH3 is 1. The van der Waals surface area contributed by atoms with Gasteiger partial charge in [0.25, 0.3) is 0 Å². The van der Waals surface area contributed by atoms with E-state index in [0.29, 0.717) is 0 Å². The Morgan fingerprint density at radius 1 is 1.40 bits per heavy atom. The van der Waals surface area contributed by atoms with Gasteiger partial charge in [0.05, 0.1) is 12.7 Å². The maximum atomic E-state index is 11.4. The molecule has 1 N–H and O–H groups in total. The second-order valence-electron chi connectivity index (χ2n) is 4.55. The quantitative estimate of drug-likeness (QED) is 0.546. The summed E-state index contributed by atoms with van der Waals surface area (Å²) < 4.78 is 4.69. The van der Waals surface area contributed by atoms with Gasteiger partial charge in [-0.25, -0.2) is 0 Å². The van der Waals surface area contributed by atoms with E-state index >= 15 is 0 Å². The zero-order chi connectivity index (χ0) is 11.9. The van der Waals surface area contributed by atoms with Crippen LogP contribution in [0.3, 0.4) is 0 Å². The molecule has 0 aliphatic heterocycles. The smallest absolute Gasteiger partial charge is 0.325 e. The molecule has 0 saturated heterocycles. The number of nitrogens with one attached hydrogen (secondary N) is 1. The van der Waals surface area contributed by atoms with Gasteiger partial charge in [-0.2, -0.15) is 5.48 Å². The number of esters is 1. The van der Waals surface area contributed by atoms with Crippen LogP contribution in [0.4, 0.5) is 0 Å². The standard InChI is InChI=1S/C11H23NO3/c1-6-7-8-9(10(13)14-5)12-15-11(2,3)4/h9,12H,6-8H2,1-5H3. The average molecular weight is 217 g/mol. The number of ether oxygens (including phenoxy) is 1. The molecular weight excluding hydrogens is 194 g/mol. The van der Waals surface area contributed by atoms with Crippen molar-refractivity contribution < 1.29 is 14.4 Å². The Hall–Kier alpha value is -0.610. The molecule has 0 bridgehead atoms. The van der Waals surface area contributed by atoms with Crippen molar-refractivity contribution >= 4 is 5.97 Å². The van der Waals surface area contributed by atoms with Gasteiger partial charge in [0, 0.05) is 0 Å². The number of rotatable bonds is 6. The van der Waals surface area contributed by atoms with Crippen molar-refractivity contribution in [3.05, 3.63) is 0 Å². The molecule has 0 radical (unpaired) electrons. The summed E-state index contributed by atoms with van der Waals surface area (Å²) in [6, 6.07) is -0.367. The lowest BCUT2D eigenvalue weighted by molar-refractivity contribution is -0.154. The van der Waals surface area contributed by atoms with Gasteiger partial charge in [-0.3, -0.25) is 9.63 Å². The highest BCUT2D eigenvalue weighted by atomic mass is 16.7. The maximum Gasteiger partial charge on any atom is 0.325 e. The first kappa shape index (κ1) is 14.4. The normalized spacial score (nSPS) is 13.7. The molecule has 0 aromatic carbocycles. The van der Waals surface area contributed by atoms with Crippen LogP contribution in [0.15, 0.2) is 0 Å². The zero-order valence-corrected chi connectivity index (χ0v) is 10.4. The summed E-state index contributed by atoms with van der Waals surface area (Å²) in [5.41, 5.74) is 2.46. The van der Waals surface area contributed by atoms with Crippen molar-refractivity contribution in [3.8, 4) is 0 Å². The molecule has 15 heavy (non-hydrogen) atoms. The van der Waals surface area contributed by atoms with Crippen LogP contribution in [0.25, 0.3) is 0 Å². The second kappa shape index (κ2) is 6.80. The SMILES string of the molecule is CCCCC(NOC(C)(C)C)C(=O)OC. The van der Waals surface area contributed by atoms with E-state index in [1.165, 1.54) is 7.11 Å². The van der Waals surface area contributed by atoms with Crippen LogP contribution in [-0.2, 0) is 14.4 Å². The van der Waals surface area contributed by atoms with Crippen LogP contribution < -0.4 is 5.48 Å². The molecule has 0 spiro atoms. The number of hydrogen-bond donors (Lipinski definition) is 1. The minimum atomic E-state index is -0.367. The molecule has 0 rings (SSSR count). The third-order valence-electron chi connectivity index (χ3n) is 1.84. The molecular formula is C11H23NO3. The Labute approximate surface area is 92.3 Å². The van der Waals surface area contributed by atoms with Gasteiger partial charge in [0.2, 0.25) is 0 Å². The predicted octanol–water partition coefficient (Wildman–Crippen LogP) is 2.04. The monoisotopic (exact) mass is 217 g/mol. The van der Waals surface area contributed by atoms with Gasteiger partial charge in [-0.1, -0.05) is 19.8 Å². The number of carbonyl (C=O) groups is 1. The fourth-order valence-corrected chi connectivity index (χ4v) is 1.02. The molecule has 1 unspecified atom stereocenters. The maximum absolute atomic E-state index is 11.4. The van der Waals surface area contributed by atoms with E-state index in [1.54, 1.807) is 0 Å². The first-order valence-corrected chi connectivity index (χ1v) is 5.42. The number of unbranched alkanes of at least 4 members (excludes halogenated alkanes) is 1. The van der Waals surface area contributed by atoms with Gasteiger partial charge < -0.3 is 4.74 Å². The van der Waals surface area contributed by atoms with E-state index in [4.69, 9.17) is 9.57 Å². The molecule has 4 heteroatoms. The minimum absolute atomic E-state index is 0.271. The summed E-state index contributed by atoms with van der Waals surface area (Å²) in [7, 11) is 1.39. The van der Waals surface area contributed by atoms with Crippen molar-refractivity contribution in [1.29, 1.82) is 0 Å². The van der Waals surface area contributed by atoms with Crippen LogP contribution in [-0.4, -0.2) is 24.7 Å². The third-order valence-corrected chi connectivity index (χ3v) is 1.84. The number of carbonyl (C=O) groups excluding carboxylic acids is 1. The van der Waals surface area contributed by atoms with Gasteiger partial charge in [0.15, 0.2) is 0 Å². The Bertz CT molecular complexity index is 187. The zero-order valence-electron chi connectivity index (χ0n) is 10.4. The molecule has 0 aliphatic rings. The fourth-order valence-electron chi connectivity index (χ4n) is 1.02. The number of hydroxylamine groups is 1. The lowest BCUT2D eigenvalue weighted by atomic mass is 10.1. The van der Waals surface area contributed by atoms with E-state index in [2.05, 4.69) is 12.4 Å². The first-order chi connectivity index (χ1) is 6.90. The molecule has 4 nitrogen and oxygen atoms in total. The van der Waals surface area contributed by atoms with E-state index in [-0.39, 0.29) is 17.6 Å².